The Morgan fingerprint density at radius 2 is 2.21 bits per heavy atom. The second-order valence-corrected chi connectivity index (χ2v) is 7.72. The maximum absolute atomic E-state index is 14.5. The normalized spacial score (nSPS) is 13.7. The van der Waals surface area contributed by atoms with Gasteiger partial charge in [-0.2, -0.15) is 0 Å². The molecule has 146 valence electrons. The molecular formula is C19H18FIN4O3. The van der Waals surface area contributed by atoms with Crippen molar-refractivity contribution in [3.8, 4) is 0 Å². The third kappa shape index (κ3) is 3.69. The van der Waals surface area contributed by atoms with Gasteiger partial charge in [0.25, 0.3) is 5.91 Å². The molecule has 1 fully saturated rings. The van der Waals surface area contributed by atoms with Gasteiger partial charge < -0.3 is 15.0 Å². The molecule has 0 atom stereocenters. The number of aromatic nitrogens is 2. The zero-order valence-electron chi connectivity index (χ0n) is 14.8. The SMILES string of the molecule is O=C(NOCCO)c1c(Nc2ccc(I)cc2F)c2cnccc2n1C1CC1. The van der Waals surface area contributed by atoms with Crippen LogP contribution >= 0.6 is 22.6 Å². The molecule has 4 rings (SSSR count). The number of hydrogen-bond acceptors (Lipinski definition) is 5. The minimum atomic E-state index is -0.468. The number of aliphatic hydroxyl groups excluding tert-OH is 1. The van der Waals surface area contributed by atoms with Crippen LogP contribution in [0.4, 0.5) is 15.8 Å². The van der Waals surface area contributed by atoms with E-state index in [-0.39, 0.29) is 24.9 Å². The quantitative estimate of drug-likeness (QED) is 0.265. The Kier molecular flexibility index (Phi) is 5.47. The highest BCUT2D eigenvalue weighted by Crippen LogP contribution is 2.43. The summed E-state index contributed by atoms with van der Waals surface area (Å²) in [4.78, 5) is 22.1. The zero-order valence-corrected chi connectivity index (χ0v) is 16.9. The molecule has 1 amide bonds. The average Bonchev–Trinajstić information content (AvgIpc) is 3.47. The van der Waals surface area contributed by atoms with Crippen molar-refractivity contribution in [2.75, 3.05) is 18.5 Å². The van der Waals surface area contributed by atoms with Crippen LogP contribution in [-0.4, -0.2) is 33.8 Å². The molecule has 2 heterocycles. The lowest BCUT2D eigenvalue weighted by Gasteiger charge is -2.13. The molecule has 1 saturated carbocycles. The van der Waals surface area contributed by atoms with E-state index in [1.165, 1.54) is 6.07 Å². The molecule has 9 heteroatoms. The lowest BCUT2D eigenvalue weighted by Crippen LogP contribution is -2.28. The van der Waals surface area contributed by atoms with Gasteiger partial charge in [-0.05, 0) is 59.7 Å². The van der Waals surface area contributed by atoms with Crippen LogP contribution < -0.4 is 10.8 Å². The fraction of sp³-hybridized carbons (Fsp3) is 0.263. The van der Waals surface area contributed by atoms with Gasteiger partial charge in [0.1, 0.15) is 11.5 Å². The lowest BCUT2D eigenvalue weighted by molar-refractivity contribution is 0.0163. The maximum Gasteiger partial charge on any atom is 0.293 e. The number of carbonyl (C=O) groups is 1. The van der Waals surface area contributed by atoms with Crippen molar-refractivity contribution >= 4 is 50.8 Å². The number of amides is 1. The highest BCUT2D eigenvalue weighted by molar-refractivity contribution is 14.1. The number of halogens is 2. The predicted molar refractivity (Wildman–Crippen MR) is 111 cm³/mol. The molecule has 7 nitrogen and oxygen atoms in total. The molecule has 0 unspecified atom stereocenters. The standard InChI is InChI=1S/C19H18FIN4O3/c20-14-9-11(21)1-4-15(14)23-17-13-10-22-6-5-16(13)25(12-2-3-12)18(17)19(27)24-28-8-7-26/h1,4-6,9-10,12,23,26H,2-3,7-8H2,(H,24,27). The number of nitrogens with zero attached hydrogens (tertiary/aromatic N) is 2. The van der Waals surface area contributed by atoms with Crippen molar-refractivity contribution in [3.63, 3.8) is 0 Å². The molecular weight excluding hydrogens is 478 g/mol. The number of hydroxylamine groups is 1. The van der Waals surface area contributed by atoms with Gasteiger partial charge in [-0.25, -0.2) is 9.87 Å². The van der Waals surface area contributed by atoms with Crippen LogP contribution in [-0.2, 0) is 4.84 Å². The third-order valence-electron chi connectivity index (χ3n) is 4.48. The third-order valence-corrected chi connectivity index (χ3v) is 5.15. The Balaban J connectivity index is 1.83. The number of benzene rings is 1. The predicted octanol–water partition coefficient (Wildman–Crippen LogP) is 3.51. The molecule has 1 aliphatic carbocycles. The Labute approximate surface area is 174 Å². The van der Waals surface area contributed by atoms with Crippen LogP contribution in [0.2, 0.25) is 0 Å². The van der Waals surface area contributed by atoms with Gasteiger partial charge in [-0.3, -0.25) is 14.6 Å². The van der Waals surface area contributed by atoms with Crippen molar-refractivity contribution < 1.29 is 19.1 Å². The lowest BCUT2D eigenvalue weighted by atomic mass is 10.2. The number of fused-ring (bicyclic) bond motifs is 1. The number of carbonyl (C=O) groups excluding carboxylic acids is 1. The largest absolute Gasteiger partial charge is 0.394 e. The van der Waals surface area contributed by atoms with Gasteiger partial charge in [0.15, 0.2) is 0 Å². The molecule has 3 N–H and O–H groups in total. The molecule has 0 bridgehead atoms. The molecule has 28 heavy (non-hydrogen) atoms. The van der Waals surface area contributed by atoms with E-state index in [1.807, 2.05) is 33.2 Å². The number of aliphatic hydroxyl groups is 1. The van der Waals surface area contributed by atoms with Gasteiger partial charge in [-0.1, -0.05) is 0 Å². The van der Waals surface area contributed by atoms with E-state index in [9.17, 15) is 9.18 Å². The number of pyridine rings is 1. The van der Waals surface area contributed by atoms with E-state index < -0.39 is 11.7 Å². The zero-order chi connectivity index (χ0) is 19.7. The van der Waals surface area contributed by atoms with Crippen LogP contribution in [0, 0.1) is 9.39 Å². The first kappa shape index (κ1) is 19.1. The first-order chi connectivity index (χ1) is 13.6. The van der Waals surface area contributed by atoms with E-state index in [2.05, 4.69) is 15.8 Å². The van der Waals surface area contributed by atoms with Gasteiger partial charge in [0, 0.05) is 27.4 Å². The molecule has 1 aliphatic rings. The van der Waals surface area contributed by atoms with Crippen LogP contribution in [0.1, 0.15) is 29.4 Å². The Bertz CT molecular complexity index is 1040. The first-order valence-electron chi connectivity index (χ1n) is 8.83. The van der Waals surface area contributed by atoms with Crippen LogP contribution in [0.5, 0.6) is 0 Å². The van der Waals surface area contributed by atoms with E-state index in [0.29, 0.717) is 11.4 Å². The maximum atomic E-state index is 14.5. The summed E-state index contributed by atoms with van der Waals surface area (Å²) in [6.45, 7) is -0.236. The topological polar surface area (TPSA) is 88.4 Å². The minimum Gasteiger partial charge on any atom is -0.394 e. The highest BCUT2D eigenvalue weighted by atomic mass is 127. The van der Waals surface area contributed by atoms with Gasteiger partial charge in [0.2, 0.25) is 0 Å². The molecule has 2 aromatic heterocycles. The molecule has 0 radical (unpaired) electrons. The van der Waals surface area contributed by atoms with Gasteiger partial charge >= 0.3 is 0 Å². The minimum absolute atomic E-state index is 0.0224. The number of hydrogen-bond donors (Lipinski definition) is 3. The van der Waals surface area contributed by atoms with Gasteiger partial charge in [-0.15, -0.1) is 0 Å². The number of rotatable bonds is 7. The fourth-order valence-corrected chi connectivity index (χ4v) is 3.61. The number of anilines is 2. The summed E-state index contributed by atoms with van der Waals surface area (Å²) >= 11 is 2.04. The molecule has 1 aromatic carbocycles. The van der Waals surface area contributed by atoms with Crippen LogP contribution in [0.25, 0.3) is 10.9 Å². The van der Waals surface area contributed by atoms with E-state index in [0.717, 1.165) is 27.3 Å². The highest BCUT2D eigenvalue weighted by Gasteiger charge is 2.33. The molecule has 3 aromatic rings. The second kappa shape index (κ2) is 8.02. The summed E-state index contributed by atoms with van der Waals surface area (Å²) in [5.74, 6) is -0.879. The van der Waals surface area contributed by atoms with Crippen molar-refractivity contribution in [1.82, 2.24) is 15.0 Å². The monoisotopic (exact) mass is 496 g/mol. The van der Waals surface area contributed by atoms with Crippen molar-refractivity contribution in [2.45, 2.75) is 18.9 Å². The summed E-state index contributed by atoms with van der Waals surface area (Å²) in [7, 11) is 0. The van der Waals surface area contributed by atoms with Gasteiger partial charge in [0.05, 0.1) is 30.1 Å². The van der Waals surface area contributed by atoms with E-state index >= 15 is 0 Å². The number of nitrogens with one attached hydrogen (secondary N) is 2. The Morgan fingerprint density at radius 3 is 2.93 bits per heavy atom. The summed E-state index contributed by atoms with van der Waals surface area (Å²) < 4.78 is 17.2. The van der Waals surface area contributed by atoms with E-state index in [4.69, 9.17) is 9.94 Å². The van der Waals surface area contributed by atoms with Crippen LogP contribution in [0.15, 0.2) is 36.7 Å². The van der Waals surface area contributed by atoms with E-state index in [1.54, 1.807) is 24.5 Å². The first-order valence-corrected chi connectivity index (χ1v) is 9.91. The smallest absolute Gasteiger partial charge is 0.293 e. The van der Waals surface area contributed by atoms with Crippen molar-refractivity contribution in [1.29, 1.82) is 0 Å². The molecule has 0 spiro atoms. The van der Waals surface area contributed by atoms with Crippen LogP contribution in [0.3, 0.4) is 0 Å². The molecule has 0 aliphatic heterocycles. The summed E-state index contributed by atoms with van der Waals surface area (Å²) in [5.41, 5.74) is 4.29. The molecule has 0 saturated heterocycles. The fourth-order valence-electron chi connectivity index (χ4n) is 3.16. The summed E-state index contributed by atoms with van der Waals surface area (Å²) in [5, 5.41) is 12.7. The summed E-state index contributed by atoms with van der Waals surface area (Å²) in [6.07, 6.45) is 5.25. The Hall–Kier alpha value is -2.24. The van der Waals surface area contributed by atoms with Crippen molar-refractivity contribution in [3.05, 3.63) is 51.7 Å². The second-order valence-electron chi connectivity index (χ2n) is 6.47. The Morgan fingerprint density at radius 1 is 1.39 bits per heavy atom. The van der Waals surface area contributed by atoms with Crippen molar-refractivity contribution in [2.24, 2.45) is 0 Å². The average molecular weight is 496 g/mol. The summed E-state index contributed by atoms with van der Waals surface area (Å²) in [6, 6.07) is 6.88.